The minimum Gasteiger partial charge on any atom is -0.496 e. The molecule has 3 aromatic rings. The maximum absolute atomic E-state index is 14.3. The van der Waals surface area contributed by atoms with Gasteiger partial charge in [0.25, 0.3) is 10.0 Å². The number of amides is 2. The molecule has 1 aliphatic carbocycles. The minimum atomic E-state index is -4.19. The van der Waals surface area contributed by atoms with Crippen molar-refractivity contribution >= 4 is 43.5 Å². The Kier molecular flexibility index (Phi) is 10.9. The minimum absolute atomic E-state index is 0.00445. The van der Waals surface area contributed by atoms with Crippen LogP contribution in [0.4, 0.5) is 5.69 Å². The number of rotatable bonds is 12. The molecule has 8 nitrogen and oxygen atoms in total. The molecule has 1 atom stereocenters. The quantitative estimate of drug-likeness (QED) is 0.250. The molecule has 2 amide bonds. The summed E-state index contributed by atoms with van der Waals surface area (Å²) in [6, 6.07) is 18.6. The highest BCUT2D eigenvalue weighted by Crippen LogP contribution is 2.31. The fourth-order valence-corrected chi connectivity index (χ4v) is 7.60. The zero-order valence-corrected chi connectivity index (χ0v) is 27.6. The van der Waals surface area contributed by atoms with Gasteiger partial charge in [0, 0.05) is 12.6 Å². The lowest BCUT2D eigenvalue weighted by molar-refractivity contribution is -0.140. The van der Waals surface area contributed by atoms with Gasteiger partial charge in [0.1, 0.15) is 18.3 Å². The summed E-state index contributed by atoms with van der Waals surface area (Å²) in [4.78, 5) is 29.4. The van der Waals surface area contributed by atoms with E-state index in [1.165, 1.54) is 24.1 Å². The number of ether oxygens (including phenoxy) is 1. The first-order chi connectivity index (χ1) is 20.5. The van der Waals surface area contributed by atoms with Crippen LogP contribution < -0.4 is 14.4 Å². The monoisotopic (exact) mass is 669 g/mol. The van der Waals surface area contributed by atoms with E-state index in [0.29, 0.717) is 22.3 Å². The first-order valence-electron chi connectivity index (χ1n) is 14.6. The first kappa shape index (κ1) is 32.5. The van der Waals surface area contributed by atoms with Gasteiger partial charge in [0.2, 0.25) is 11.8 Å². The lowest BCUT2D eigenvalue weighted by Crippen LogP contribution is -2.53. The van der Waals surface area contributed by atoms with E-state index in [1.807, 2.05) is 45.0 Å². The average Bonchev–Trinajstić information content (AvgIpc) is 3.49. The number of benzene rings is 3. The molecule has 0 heterocycles. The molecule has 3 aromatic carbocycles. The second-order valence-corrected chi connectivity index (χ2v) is 13.8. The number of hydrogen-bond donors (Lipinski definition) is 1. The van der Waals surface area contributed by atoms with Crippen LogP contribution in [0.1, 0.15) is 55.7 Å². The van der Waals surface area contributed by atoms with Crippen LogP contribution in [0.2, 0.25) is 0 Å². The highest BCUT2D eigenvalue weighted by molar-refractivity contribution is 9.10. The molecule has 230 valence electrons. The molecule has 1 aliphatic rings. The Bertz CT molecular complexity index is 1540. The Morgan fingerprint density at radius 1 is 1.00 bits per heavy atom. The molecule has 10 heteroatoms. The highest BCUT2D eigenvalue weighted by Gasteiger charge is 2.34. The number of sulfonamides is 1. The number of methoxy groups -OCH3 is 1. The summed E-state index contributed by atoms with van der Waals surface area (Å²) in [6.45, 7) is 5.45. The van der Waals surface area contributed by atoms with Crippen LogP contribution >= 0.6 is 15.9 Å². The van der Waals surface area contributed by atoms with Gasteiger partial charge >= 0.3 is 0 Å². The molecule has 0 radical (unpaired) electrons. The van der Waals surface area contributed by atoms with Crippen LogP contribution in [-0.4, -0.2) is 50.9 Å². The molecule has 0 spiro atoms. The van der Waals surface area contributed by atoms with Crippen molar-refractivity contribution in [1.29, 1.82) is 0 Å². The average molecular weight is 671 g/mol. The van der Waals surface area contributed by atoms with E-state index in [1.54, 1.807) is 30.3 Å². The number of hydrogen-bond acceptors (Lipinski definition) is 5. The van der Waals surface area contributed by atoms with Gasteiger partial charge in [0.05, 0.1) is 22.2 Å². The Morgan fingerprint density at radius 3 is 2.30 bits per heavy atom. The molecule has 4 rings (SSSR count). The lowest BCUT2D eigenvalue weighted by Gasteiger charge is -2.34. The normalized spacial score (nSPS) is 14.3. The predicted molar refractivity (Wildman–Crippen MR) is 173 cm³/mol. The van der Waals surface area contributed by atoms with Crippen molar-refractivity contribution in [3.05, 3.63) is 87.9 Å². The van der Waals surface area contributed by atoms with Gasteiger partial charge in [-0.25, -0.2) is 8.42 Å². The van der Waals surface area contributed by atoms with E-state index >= 15 is 0 Å². The Hall–Kier alpha value is -3.37. The van der Waals surface area contributed by atoms with Crippen LogP contribution in [0.15, 0.2) is 76.1 Å². The van der Waals surface area contributed by atoms with E-state index in [9.17, 15) is 18.0 Å². The lowest BCUT2D eigenvalue weighted by atomic mass is 10.1. The van der Waals surface area contributed by atoms with Crippen molar-refractivity contribution in [1.82, 2.24) is 10.2 Å². The van der Waals surface area contributed by atoms with Crippen LogP contribution in [0.5, 0.6) is 5.75 Å². The maximum atomic E-state index is 14.3. The number of anilines is 1. The Balaban J connectivity index is 1.73. The largest absolute Gasteiger partial charge is 0.496 e. The van der Waals surface area contributed by atoms with E-state index in [2.05, 4.69) is 21.2 Å². The van der Waals surface area contributed by atoms with E-state index in [-0.39, 0.29) is 23.4 Å². The molecule has 1 N–H and O–H groups in total. The molecule has 0 aliphatic heterocycles. The van der Waals surface area contributed by atoms with E-state index < -0.39 is 28.5 Å². The van der Waals surface area contributed by atoms with Gasteiger partial charge in [-0.2, -0.15) is 0 Å². The third-order valence-electron chi connectivity index (χ3n) is 7.83. The topological polar surface area (TPSA) is 96.0 Å². The molecule has 0 unspecified atom stereocenters. The molecular weight excluding hydrogens is 630 g/mol. The maximum Gasteiger partial charge on any atom is 0.264 e. The summed E-state index contributed by atoms with van der Waals surface area (Å²) in [5.41, 5.74) is 3.20. The fourth-order valence-electron chi connectivity index (χ4n) is 5.47. The fraction of sp³-hybridized carbons (Fsp3) is 0.394. The standard InChI is InChI=1S/C33H40BrN3O5S/c1-5-30(33(39)35-26-11-6-7-12-26)36(21-25-10-8-9-24(3)19-25)32(38)22-37(27-15-13-23(2)14-16-27)43(40,41)28-17-18-31(42-4)29(34)20-28/h8-10,13-20,26,30H,5-7,11-12,21-22H2,1-4H3,(H,35,39)/t30-/m1/s1. The summed E-state index contributed by atoms with van der Waals surface area (Å²) >= 11 is 3.38. The van der Waals surface area contributed by atoms with Crippen LogP contribution in [0, 0.1) is 13.8 Å². The zero-order valence-electron chi connectivity index (χ0n) is 25.2. The smallest absolute Gasteiger partial charge is 0.264 e. The van der Waals surface area contributed by atoms with Gasteiger partial charge in [-0.1, -0.05) is 67.3 Å². The summed E-state index contributed by atoms with van der Waals surface area (Å²) < 4.78 is 35.2. The van der Waals surface area contributed by atoms with Gasteiger partial charge in [-0.3, -0.25) is 13.9 Å². The third-order valence-corrected chi connectivity index (χ3v) is 10.2. The van der Waals surface area contributed by atoms with Crippen LogP contribution in [-0.2, 0) is 26.2 Å². The van der Waals surface area contributed by atoms with Gasteiger partial charge in [0.15, 0.2) is 0 Å². The Morgan fingerprint density at radius 2 is 1.70 bits per heavy atom. The molecule has 0 saturated heterocycles. The van der Waals surface area contributed by atoms with Crippen molar-refractivity contribution in [2.45, 2.75) is 76.4 Å². The number of halogens is 1. The zero-order chi connectivity index (χ0) is 31.1. The van der Waals surface area contributed by atoms with Crippen molar-refractivity contribution in [2.24, 2.45) is 0 Å². The molecule has 1 saturated carbocycles. The highest BCUT2D eigenvalue weighted by atomic mass is 79.9. The van der Waals surface area contributed by atoms with Crippen LogP contribution in [0.3, 0.4) is 0 Å². The summed E-state index contributed by atoms with van der Waals surface area (Å²) in [6.07, 6.45) is 4.37. The third kappa shape index (κ3) is 7.97. The number of carbonyl (C=O) groups is 2. The SMILES string of the molecule is CC[C@H](C(=O)NC1CCCC1)N(Cc1cccc(C)c1)C(=O)CN(c1ccc(C)cc1)S(=O)(=O)c1ccc(OC)c(Br)c1. The first-order valence-corrected chi connectivity index (χ1v) is 16.8. The second kappa shape index (κ2) is 14.4. The van der Waals surface area contributed by atoms with Gasteiger partial charge in [-0.05, 0) is 84.9 Å². The van der Waals surface area contributed by atoms with Crippen molar-refractivity contribution in [3.8, 4) is 5.75 Å². The summed E-state index contributed by atoms with van der Waals surface area (Å²) in [7, 11) is -2.69. The number of carbonyl (C=O) groups excluding carboxylic acids is 2. The Labute approximate surface area is 263 Å². The molecule has 1 fully saturated rings. The molecule has 43 heavy (non-hydrogen) atoms. The number of aryl methyl sites for hydroxylation is 2. The molecule has 0 aromatic heterocycles. The van der Waals surface area contributed by atoms with Crippen LogP contribution in [0.25, 0.3) is 0 Å². The number of nitrogens with one attached hydrogen (secondary N) is 1. The van der Waals surface area contributed by atoms with Crippen molar-refractivity contribution < 1.29 is 22.7 Å². The number of nitrogens with zero attached hydrogens (tertiary/aromatic N) is 2. The summed E-state index contributed by atoms with van der Waals surface area (Å²) in [5.74, 6) is -0.189. The van der Waals surface area contributed by atoms with E-state index in [4.69, 9.17) is 4.74 Å². The second-order valence-electron chi connectivity index (χ2n) is 11.1. The van der Waals surface area contributed by atoms with Gasteiger partial charge in [-0.15, -0.1) is 0 Å². The van der Waals surface area contributed by atoms with Crippen molar-refractivity contribution in [3.63, 3.8) is 0 Å². The van der Waals surface area contributed by atoms with Crippen molar-refractivity contribution in [2.75, 3.05) is 18.0 Å². The van der Waals surface area contributed by atoms with E-state index in [0.717, 1.165) is 46.7 Å². The molecular formula is C33H40BrN3O5S. The van der Waals surface area contributed by atoms with Gasteiger partial charge < -0.3 is 15.0 Å². The molecule has 0 bridgehead atoms. The summed E-state index contributed by atoms with van der Waals surface area (Å²) in [5, 5.41) is 3.14. The predicted octanol–water partition coefficient (Wildman–Crippen LogP) is 6.14.